The van der Waals surface area contributed by atoms with Crippen LogP contribution in [0.25, 0.3) is 88.6 Å². The molecule has 7 aromatic carbocycles. The van der Waals surface area contributed by atoms with Crippen LogP contribution in [-0.2, 0) is 0 Å². The van der Waals surface area contributed by atoms with Crippen molar-refractivity contribution in [2.45, 2.75) is 13.8 Å². The molecule has 3 aromatic heterocycles. The standard InChI is InChI=1S/C51H31N7/c1-31-21-32(2)56-51(55-31)39-26-49(57-45-15-5-3-13-40(45)42-19-17-37(24-47(42)57)35-11-7-9-33(22-35)28-52)44(30-54)50(27-39)58-46-16-6-4-14-41(46)43-20-18-38(25-48(43)58)36-12-8-10-34(23-36)29-53/h3-27H,1-2H3. The van der Waals surface area contributed by atoms with Gasteiger partial charge in [0.05, 0.1) is 56.7 Å². The van der Waals surface area contributed by atoms with Crippen LogP contribution >= 0.6 is 0 Å². The highest BCUT2D eigenvalue weighted by Crippen LogP contribution is 2.41. The average Bonchev–Trinajstić information content (AvgIpc) is 3.77. The Bertz CT molecular complexity index is 3260. The van der Waals surface area contributed by atoms with E-state index in [0.717, 1.165) is 82.8 Å². The van der Waals surface area contributed by atoms with E-state index in [4.69, 9.17) is 9.97 Å². The van der Waals surface area contributed by atoms with Gasteiger partial charge in [-0.2, -0.15) is 15.8 Å². The third kappa shape index (κ3) is 5.48. The zero-order valence-electron chi connectivity index (χ0n) is 31.6. The molecule has 0 unspecified atom stereocenters. The van der Waals surface area contributed by atoms with Gasteiger partial charge < -0.3 is 9.13 Å². The Morgan fingerprint density at radius 2 is 0.845 bits per heavy atom. The van der Waals surface area contributed by atoms with E-state index in [1.54, 1.807) is 12.1 Å². The van der Waals surface area contributed by atoms with E-state index in [-0.39, 0.29) is 0 Å². The van der Waals surface area contributed by atoms with E-state index in [1.165, 1.54) is 0 Å². The van der Waals surface area contributed by atoms with Gasteiger partial charge in [0, 0.05) is 38.5 Å². The lowest BCUT2D eigenvalue weighted by Crippen LogP contribution is -2.06. The van der Waals surface area contributed by atoms with Gasteiger partial charge in [0.1, 0.15) is 11.6 Å². The minimum absolute atomic E-state index is 0.479. The summed E-state index contributed by atoms with van der Waals surface area (Å²) in [4.78, 5) is 9.86. The summed E-state index contributed by atoms with van der Waals surface area (Å²) in [5, 5.41) is 35.0. The number of aryl methyl sites for hydroxylation is 2. The van der Waals surface area contributed by atoms with Gasteiger partial charge >= 0.3 is 0 Å². The normalized spacial score (nSPS) is 11.2. The molecule has 0 aliphatic carbocycles. The summed E-state index contributed by atoms with van der Waals surface area (Å²) < 4.78 is 4.37. The molecular formula is C51H31N7. The van der Waals surface area contributed by atoms with Crippen molar-refractivity contribution in [3.05, 3.63) is 180 Å². The zero-order valence-corrected chi connectivity index (χ0v) is 31.6. The lowest BCUT2D eigenvalue weighted by atomic mass is 10.0. The third-order valence-corrected chi connectivity index (χ3v) is 10.9. The Labute approximate surface area is 334 Å². The second-order valence-electron chi connectivity index (χ2n) is 14.5. The Hall–Kier alpha value is -8.31. The van der Waals surface area contributed by atoms with Gasteiger partial charge in [-0.3, -0.25) is 0 Å². The topological polar surface area (TPSA) is 107 Å². The van der Waals surface area contributed by atoms with Crippen LogP contribution in [0, 0.1) is 47.8 Å². The van der Waals surface area contributed by atoms with Crippen molar-refractivity contribution in [1.82, 2.24) is 19.1 Å². The van der Waals surface area contributed by atoms with Gasteiger partial charge in [0.2, 0.25) is 0 Å². The van der Waals surface area contributed by atoms with Crippen molar-refractivity contribution < 1.29 is 0 Å². The summed E-state index contributed by atoms with van der Waals surface area (Å²) in [5.41, 5.74) is 13.0. The quantitative estimate of drug-likeness (QED) is 0.174. The molecule has 0 saturated heterocycles. The summed E-state index contributed by atoms with van der Waals surface area (Å²) in [5.74, 6) is 0.564. The molecule has 0 spiro atoms. The van der Waals surface area contributed by atoms with Gasteiger partial charge in [-0.25, -0.2) is 9.97 Å². The van der Waals surface area contributed by atoms with Gasteiger partial charge in [0.15, 0.2) is 5.82 Å². The number of para-hydroxylation sites is 2. The molecule has 10 rings (SSSR count). The van der Waals surface area contributed by atoms with E-state index < -0.39 is 0 Å². The fourth-order valence-corrected chi connectivity index (χ4v) is 8.42. The monoisotopic (exact) mass is 741 g/mol. The molecule has 10 aromatic rings. The minimum Gasteiger partial charge on any atom is -0.308 e. The molecule has 7 heteroatoms. The van der Waals surface area contributed by atoms with E-state index in [1.807, 2.05) is 92.7 Å². The van der Waals surface area contributed by atoms with Crippen LogP contribution in [0.1, 0.15) is 28.1 Å². The maximum Gasteiger partial charge on any atom is 0.159 e. The van der Waals surface area contributed by atoms with Crippen LogP contribution in [0.15, 0.2) is 152 Å². The van der Waals surface area contributed by atoms with Crippen LogP contribution in [0.2, 0.25) is 0 Å². The van der Waals surface area contributed by atoms with Gasteiger partial charge in [-0.05, 0) is 103 Å². The highest BCUT2D eigenvalue weighted by Gasteiger charge is 2.24. The summed E-state index contributed by atoms with van der Waals surface area (Å²) in [6, 6.07) is 57.8. The first-order valence-corrected chi connectivity index (χ1v) is 18.9. The Kier molecular flexibility index (Phi) is 7.94. The van der Waals surface area contributed by atoms with Gasteiger partial charge in [-0.1, -0.05) is 84.9 Å². The molecule has 0 aliphatic rings. The summed E-state index contributed by atoms with van der Waals surface area (Å²) in [7, 11) is 0. The lowest BCUT2D eigenvalue weighted by molar-refractivity contribution is 1.05. The first kappa shape index (κ1) is 34.2. The second kappa shape index (κ2) is 13.5. The Morgan fingerprint density at radius 3 is 1.31 bits per heavy atom. The number of fused-ring (bicyclic) bond motifs is 6. The van der Waals surface area contributed by atoms with E-state index in [2.05, 4.69) is 88.0 Å². The molecule has 7 nitrogen and oxygen atoms in total. The number of nitrogens with zero attached hydrogens (tertiary/aromatic N) is 7. The number of hydrogen-bond acceptors (Lipinski definition) is 5. The molecule has 58 heavy (non-hydrogen) atoms. The molecular weight excluding hydrogens is 711 g/mol. The molecule has 0 saturated carbocycles. The predicted octanol–water partition coefficient (Wildman–Crippen LogP) is 11.9. The fraction of sp³-hybridized carbons (Fsp3) is 0.0392. The number of benzene rings is 7. The minimum atomic E-state index is 0.479. The van der Waals surface area contributed by atoms with Crippen molar-refractivity contribution in [3.63, 3.8) is 0 Å². The molecule has 0 fully saturated rings. The van der Waals surface area contributed by atoms with E-state index in [9.17, 15) is 15.8 Å². The zero-order chi connectivity index (χ0) is 39.5. The summed E-state index contributed by atoms with van der Waals surface area (Å²) in [6.07, 6.45) is 0. The molecule has 0 radical (unpaired) electrons. The Balaban J connectivity index is 1.34. The smallest absolute Gasteiger partial charge is 0.159 e. The first-order chi connectivity index (χ1) is 28.4. The largest absolute Gasteiger partial charge is 0.308 e. The third-order valence-electron chi connectivity index (χ3n) is 10.9. The molecule has 0 aliphatic heterocycles. The highest BCUT2D eigenvalue weighted by atomic mass is 15.0. The average molecular weight is 742 g/mol. The summed E-state index contributed by atoms with van der Waals surface area (Å²) in [6.45, 7) is 3.94. The maximum absolute atomic E-state index is 11.4. The van der Waals surface area contributed by atoms with Crippen LogP contribution in [-0.4, -0.2) is 19.1 Å². The number of aromatic nitrogens is 4. The number of hydrogen-bond donors (Lipinski definition) is 0. The van der Waals surface area contributed by atoms with Crippen molar-refractivity contribution in [2.75, 3.05) is 0 Å². The number of rotatable bonds is 5. The van der Waals surface area contributed by atoms with Crippen LogP contribution in [0.3, 0.4) is 0 Å². The van der Waals surface area contributed by atoms with Crippen molar-refractivity contribution in [3.8, 4) is 63.2 Å². The second-order valence-corrected chi connectivity index (χ2v) is 14.5. The van der Waals surface area contributed by atoms with E-state index >= 15 is 0 Å². The van der Waals surface area contributed by atoms with Crippen LogP contribution in [0.4, 0.5) is 0 Å². The molecule has 270 valence electrons. The van der Waals surface area contributed by atoms with Crippen molar-refractivity contribution in [1.29, 1.82) is 15.8 Å². The van der Waals surface area contributed by atoms with E-state index in [0.29, 0.717) is 33.9 Å². The SMILES string of the molecule is Cc1cc(C)nc(-c2cc(-n3c4ccccc4c4ccc(-c5cccc(C#N)c5)cc43)c(C#N)c(-n3c4ccccc4c4ccc(-c5cccc(C#N)c5)cc43)c2)n1. The molecule has 0 bridgehead atoms. The van der Waals surface area contributed by atoms with Crippen molar-refractivity contribution in [2.24, 2.45) is 0 Å². The predicted molar refractivity (Wildman–Crippen MR) is 231 cm³/mol. The van der Waals surface area contributed by atoms with Crippen molar-refractivity contribution >= 4 is 43.6 Å². The molecule has 0 amide bonds. The first-order valence-electron chi connectivity index (χ1n) is 18.9. The molecule has 0 atom stereocenters. The van der Waals surface area contributed by atoms with Crippen LogP contribution < -0.4 is 0 Å². The fourth-order valence-electron chi connectivity index (χ4n) is 8.42. The summed E-state index contributed by atoms with van der Waals surface area (Å²) >= 11 is 0. The van der Waals surface area contributed by atoms with Gasteiger partial charge in [-0.15, -0.1) is 0 Å². The number of nitriles is 3. The van der Waals surface area contributed by atoms with Crippen LogP contribution in [0.5, 0.6) is 0 Å². The molecule has 0 N–H and O–H groups in total. The highest BCUT2D eigenvalue weighted by molar-refractivity contribution is 6.12. The Morgan fingerprint density at radius 1 is 0.397 bits per heavy atom. The maximum atomic E-state index is 11.4. The van der Waals surface area contributed by atoms with Gasteiger partial charge in [0.25, 0.3) is 0 Å². The molecule has 3 heterocycles. The lowest BCUT2D eigenvalue weighted by Gasteiger charge is -2.18.